The van der Waals surface area contributed by atoms with E-state index in [1.165, 1.54) is 12.3 Å². The quantitative estimate of drug-likeness (QED) is 0.838. The van der Waals surface area contributed by atoms with Gasteiger partial charge in [0, 0.05) is 18.3 Å². The lowest BCUT2D eigenvalue weighted by atomic mass is 10.0. The maximum atomic E-state index is 13.5. The summed E-state index contributed by atoms with van der Waals surface area (Å²) in [6.07, 6.45) is 2.71. The van der Waals surface area contributed by atoms with Crippen molar-refractivity contribution in [3.05, 3.63) is 55.9 Å². The van der Waals surface area contributed by atoms with Gasteiger partial charge in [-0.15, -0.1) is 0 Å². The maximum Gasteiger partial charge on any atom is 0.288 e. The van der Waals surface area contributed by atoms with E-state index in [0.29, 0.717) is 24.2 Å². The zero-order valence-corrected chi connectivity index (χ0v) is 12.8. The third-order valence-corrected chi connectivity index (χ3v) is 4.33. The van der Waals surface area contributed by atoms with Gasteiger partial charge in [0.05, 0.1) is 11.2 Å². The summed E-state index contributed by atoms with van der Waals surface area (Å²) in [7, 11) is 0. The molecule has 0 spiro atoms. The number of benzene rings is 1. The van der Waals surface area contributed by atoms with Crippen LogP contribution in [0.3, 0.4) is 0 Å². The summed E-state index contributed by atoms with van der Waals surface area (Å²) in [5.41, 5.74) is 0.743. The van der Waals surface area contributed by atoms with Gasteiger partial charge < -0.3 is 4.90 Å². The van der Waals surface area contributed by atoms with Gasteiger partial charge in [0.2, 0.25) is 0 Å². The second kappa shape index (κ2) is 5.85. The van der Waals surface area contributed by atoms with Gasteiger partial charge in [0.25, 0.3) is 5.56 Å². The van der Waals surface area contributed by atoms with Crippen molar-refractivity contribution >= 4 is 28.9 Å². The van der Waals surface area contributed by atoms with E-state index in [1.807, 2.05) is 0 Å². The lowest BCUT2D eigenvalue weighted by Crippen LogP contribution is -2.37. The molecule has 3 rings (SSSR count). The number of hydrogen-bond donors (Lipinski definition) is 0. The Hall–Kier alpha value is -1.66. The Labute approximate surface area is 134 Å². The van der Waals surface area contributed by atoms with Gasteiger partial charge in [-0.1, -0.05) is 23.2 Å². The molecule has 2 heterocycles. The summed E-state index contributed by atoms with van der Waals surface area (Å²) >= 11 is 11.5. The predicted octanol–water partition coefficient (Wildman–Crippen LogP) is 3.24. The number of nitrogens with zero attached hydrogens (tertiary/aromatic N) is 3. The Kier molecular flexibility index (Phi) is 4.06. The maximum absolute atomic E-state index is 13.5. The average Bonchev–Trinajstić information content (AvgIpc) is 2.50. The molecule has 0 unspecified atom stereocenters. The average molecular weight is 346 g/mol. The standard InChI is InChI=1S/C14H11Cl2F2N3O/c15-9-6-19-21(14(22)13(9)16)7-20-3-1-2-8-4-10(17)11(18)5-12(8)20/h4-6H,1-3,7H2. The molecule has 22 heavy (non-hydrogen) atoms. The Bertz CT molecular complexity index is 794. The van der Waals surface area contributed by atoms with Crippen molar-refractivity contribution in [3.8, 4) is 0 Å². The highest BCUT2D eigenvalue weighted by Gasteiger charge is 2.21. The van der Waals surface area contributed by atoms with Crippen LogP contribution in [0, 0.1) is 11.6 Å². The molecule has 1 aliphatic rings. The predicted molar refractivity (Wildman–Crippen MR) is 80.5 cm³/mol. The Morgan fingerprint density at radius 2 is 1.95 bits per heavy atom. The molecule has 0 amide bonds. The van der Waals surface area contributed by atoms with Crippen molar-refractivity contribution in [3.63, 3.8) is 0 Å². The fourth-order valence-electron chi connectivity index (χ4n) is 2.51. The van der Waals surface area contributed by atoms with Crippen LogP contribution in [-0.4, -0.2) is 16.3 Å². The van der Waals surface area contributed by atoms with Gasteiger partial charge >= 0.3 is 0 Å². The largest absolute Gasteiger partial charge is 0.352 e. The minimum Gasteiger partial charge on any atom is -0.352 e. The van der Waals surface area contributed by atoms with Gasteiger partial charge in [0.1, 0.15) is 11.7 Å². The fourth-order valence-corrected chi connectivity index (χ4v) is 2.78. The Morgan fingerprint density at radius 3 is 2.73 bits per heavy atom. The first-order valence-corrected chi connectivity index (χ1v) is 7.37. The van der Waals surface area contributed by atoms with Crippen molar-refractivity contribution in [2.45, 2.75) is 19.5 Å². The van der Waals surface area contributed by atoms with Crippen molar-refractivity contribution in [1.82, 2.24) is 9.78 Å². The van der Waals surface area contributed by atoms with Crippen LogP contribution in [0.4, 0.5) is 14.5 Å². The van der Waals surface area contributed by atoms with Gasteiger partial charge in [-0.05, 0) is 24.5 Å². The van der Waals surface area contributed by atoms with E-state index in [9.17, 15) is 13.6 Å². The third kappa shape index (κ3) is 2.68. The number of halogens is 4. The van der Waals surface area contributed by atoms with E-state index >= 15 is 0 Å². The van der Waals surface area contributed by atoms with E-state index < -0.39 is 17.2 Å². The molecule has 2 aromatic rings. The number of aromatic nitrogens is 2. The molecule has 0 saturated heterocycles. The van der Waals surface area contributed by atoms with Crippen molar-refractivity contribution < 1.29 is 8.78 Å². The minimum atomic E-state index is -0.917. The first-order valence-electron chi connectivity index (χ1n) is 6.61. The number of rotatable bonds is 2. The van der Waals surface area contributed by atoms with Crippen molar-refractivity contribution in [1.29, 1.82) is 0 Å². The smallest absolute Gasteiger partial charge is 0.288 e. The highest BCUT2D eigenvalue weighted by molar-refractivity contribution is 6.41. The van der Waals surface area contributed by atoms with Crippen LogP contribution in [0.2, 0.25) is 10.0 Å². The van der Waals surface area contributed by atoms with E-state index in [1.54, 1.807) is 4.90 Å². The molecule has 0 atom stereocenters. The highest BCUT2D eigenvalue weighted by atomic mass is 35.5. The molecular weight excluding hydrogens is 335 g/mol. The molecule has 0 fully saturated rings. The van der Waals surface area contributed by atoms with E-state index in [-0.39, 0.29) is 16.7 Å². The summed E-state index contributed by atoms with van der Waals surface area (Å²) in [5.74, 6) is -1.79. The van der Waals surface area contributed by atoms with Gasteiger partial charge in [0.15, 0.2) is 11.6 Å². The summed E-state index contributed by atoms with van der Waals surface area (Å²) in [4.78, 5) is 13.8. The summed E-state index contributed by atoms with van der Waals surface area (Å²) in [6, 6.07) is 2.34. The van der Waals surface area contributed by atoms with Gasteiger partial charge in [-0.2, -0.15) is 5.10 Å². The van der Waals surface area contributed by atoms with Crippen molar-refractivity contribution in [2.75, 3.05) is 11.4 Å². The van der Waals surface area contributed by atoms with Gasteiger partial charge in [-0.3, -0.25) is 4.79 Å². The third-order valence-electron chi connectivity index (χ3n) is 3.58. The molecule has 0 radical (unpaired) electrons. The van der Waals surface area contributed by atoms with Crippen molar-refractivity contribution in [2.24, 2.45) is 0 Å². The minimum absolute atomic E-state index is 0.0788. The molecule has 8 heteroatoms. The zero-order chi connectivity index (χ0) is 15.9. The lowest BCUT2D eigenvalue weighted by Gasteiger charge is -2.31. The monoisotopic (exact) mass is 345 g/mol. The fraction of sp³-hybridized carbons (Fsp3) is 0.286. The summed E-state index contributed by atoms with van der Waals surface area (Å²) < 4.78 is 28.0. The molecule has 0 saturated carbocycles. The molecule has 0 N–H and O–H groups in total. The Balaban J connectivity index is 1.97. The topological polar surface area (TPSA) is 38.1 Å². The first kappa shape index (κ1) is 15.2. The number of anilines is 1. The second-order valence-electron chi connectivity index (χ2n) is 5.01. The highest BCUT2D eigenvalue weighted by Crippen LogP contribution is 2.29. The molecule has 0 aliphatic carbocycles. The summed E-state index contributed by atoms with van der Waals surface area (Å²) in [6.45, 7) is 0.695. The van der Waals surface area contributed by atoms with Crippen LogP contribution in [0.15, 0.2) is 23.1 Å². The molecule has 1 aromatic carbocycles. The van der Waals surface area contributed by atoms with E-state index in [2.05, 4.69) is 5.10 Å². The zero-order valence-electron chi connectivity index (χ0n) is 11.3. The lowest BCUT2D eigenvalue weighted by molar-refractivity contribution is 0.496. The molecule has 1 aromatic heterocycles. The SMILES string of the molecule is O=c1c(Cl)c(Cl)cnn1CN1CCCc2cc(F)c(F)cc21. The van der Waals surface area contributed by atoms with Crippen LogP contribution < -0.4 is 10.5 Å². The Morgan fingerprint density at radius 1 is 1.23 bits per heavy atom. The molecule has 0 bridgehead atoms. The summed E-state index contributed by atoms with van der Waals surface area (Å²) in [5, 5.41) is 3.89. The number of hydrogen-bond acceptors (Lipinski definition) is 3. The van der Waals surface area contributed by atoms with Crippen LogP contribution in [0.1, 0.15) is 12.0 Å². The molecule has 116 valence electrons. The van der Waals surface area contributed by atoms with Gasteiger partial charge in [-0.25, -0.2) is 13.5 Å². The van der Waals surface area contributed by atoms with Crippen LogP contribution >= 0.6 is 23.2 Å². The molecular formula is C14H11Cl2F2N3O. The first-order chi connectivity index (χ1) is 10.5. The second-order valence-corrected chi connectivity index (χ2v) is 5.80. The van der Waals surface area contributed by atoms with E-state index in [0.717, 1.165) is 17.2 Å². The van der Waals surface area contributed by atoms with Crippen LogP contribution in [0.25, 0.3) is 0 Å². The molecule has 1 aliphatic heterocycles. The van der Waals surface area contributed by atoms with Crippen LogP contribution in [0.5, 0.6) is 0 Å². The number of aryl methyl sites for hydroxylation is 1. The molecule has 4 nitrogen and oxygen atoms in total. The normalized spacial score (nSPS) is 14.1. The van der Waals surface area contributed by atoms with E-state index in [4.69, 9.17) is 23.2 Å². The number of fused-ring (bicyclic) bond motifs is 1. The van der Waals surface area contributed by atoms with Crippen LogP contribution in [-0.2, 0) is 13.1 Å².